The lowest BCUT2D eigenvalue weighted by Gasteiger charge is -2.18. The minimum absolute atomic E-state index is 0.770. The Bertz CT molecular complexity index is 354. The van der Waals surface area contributed by atoms with E-state index in [-0.39, 0.29) is 0 Å². The summed E-state index contributed by atoms with van der Waals surface area (Å²) in [7, 11) is 1.65. The van der Waals surface area contributed by atoms with Gasteiger partial charge in [0.25, 0.3) is 0 Å². The molecule has 71 valence electrons. The van der Waals surface area contributed by atoms with E-state index in [0.29, 0.717) is 0 Å². The van der Waals surface area contributed by atoms with Crippen molar-refractivity contribution in [2.45, 2.75) is 0 Å². The van der Waals surface area contributed by atoms with Crippen LogP contribution in [0.25, 0.3) is 5.70 Å². The maximum absolute atomic E-state index is 5.12. The largest absolute Gasteiger partial charge is 0.351 e. The molecule has 0 saturated carbocycles. The molecule has 1 aromatic carbocycles. The van der Waals surface area contributed by atoms with Crippen molar-refractivity contribution in [3.63, 3.8) is 0 Å². The van der Waals surface area contributed by atoms with Crippen molar-refractivity contribution in [1.82, 2.24) is 5.32 Å². The summed E-state index contributed by atoms with van der Waals surface area (Å²) in [5.41, 5.74) is 2.22. The van der Waals surface area contributed by atoms with Gasteiger partial charge in [-0.05, 0) is 17.7 Å². The number of hydrogen-bond donors (Lipinski definition) is 1. The van der Waals surface area contributed by atoms with Crippen LogP contribution in [0.1, 0.15) is 5.56 Å². The van der Waals surface area contributed by atoms with Crippen molar-refractivity contribution >= 4 is 5.70 Å². The summed E-state index contributed by atoms with van der Waals surface area (Å²) in [5.74, 6) is 0. The van der Waals surface area contributed by atoms with Gasteiger partial charge in [0.1, 0.15) is 0 Å². The minimum Gasteiger partial charge on any atom is -0.351 e. The molecule has 0 fully saturated rings. The zero-order valence-electron chi connectivity index (χ0n) is 8.03. The van der Waals surface area contributed by atoms with E-state index in [2.05, 4.69) is 17.4 Å². The van der Waals surface area contributed by atoms with Crippen LogP contribution < -0.4 is 5.32 Å². The third-order valence-electron chi connectivity index (χ3n) is 2.07. The molecule has 1 N–H and O–H groups in total. The molecule has 1 radical (unpaired) electrons. The van der Waals surface area contributed by atoms with Crippen LogP contribution in [-0.4, -0.2) is 7.11 Å². The van der Waals surface area contributed by atoms with E-state index in [1.165, 1.54) is 0 Å². The number of methoxy groups -OCH3 is 1. The lowest BCUT2D eigenvalue weighted by molar-refractivity contribution is 0.217. The zero-order chi connectivity index (χ0) is 9.80. The fraction of sp³-hybridized carbons (Fsp3) is 0.0833. The Labute approximate surface area is 83.9 Å². The van der Waals surface area contributed by atoms with E-state index in [1.54, 1.807) is 7.11 Å². The number of allylic oxidation sites excluding steroid dienone is 2. The van der Waals surface area contributed by atoms with Crippen LogP contribution in [0, 0.1) is 6.23 Å². The fourth-order valence-electron chi connectivity index (χ4n) is 1.35. The summed E-state index contributed by atoms with van der Waals surface area (Å²) in [6, 6.07) is 10.2. The number of ether oxygens (including phenoxy) is 1. The molecular formula is C12H12NO. The first kappa shape index (κ1) is 9.03. The van der Waals surface area contributed by atoms with Crippen molar-refractivity contribution in [3.8, 4) is 0 Å². The van der Waals surface area contributed by atoms with Gasteiger partial charge in [-0.25, -0.2) is 0 Å². The first-order chi connectivity index (χ1) is 6.90. The Morgan fingerprint density at radius 3 is 2.64 bits per heavy atom. The molecule has 14 heavy (non-hydrogen) atoms. The smallest absolute Gasteiger partial charge is 0.210 e. The number of dihydropyridines is 1. The topological polar surface area (TPSA) is 21.3 Å². The van der Waals surface area contributed by atoms with Gasteiger partial charge in [0, 0.05) is 12.8 Å². The molecule has 0 spiro atoms. The highest BCUT2D eigenvalue weighted by atomic mass is 16.5. The summed E-state index contributed by atoms with van der Waals surface area (Å²) < 4.78 is 5.12. The minimum atomic E-state index is 0.770. The van der Waals surface area contributed by atoms with Crippen LogP contribution in [-0.2, 0) is 4.74 Å². The van der Waals surface area contributed by atoms with Gasteiger partial charge in [-0.1, -0.05) is 36.4 Å². The molecule has 0 atom stereocenters. The highest BCUT2D eigenvalue weighted by molar-refractivity contribution is 5.68. The summed E-state index contributed by atoms with van der Waals surface area (Å²) in [6.45, 7) is 0. The van der Waals surface area contributed by atoms with Gasteiger partial charge in [0.2, 0.25) is 6.23 Å². The van der Waals surface area contributed by atoms with Crippen LogP contribution in [0.15, 0.2) is 48.6 Å². The number of nitrogens with one attached hydrogen (secondary N) is 1. The van der Waals surface area contributed by atoms with E-state index < -0.39 is 0 Å². The Morgan fingerprint density at radius 2 is 1.93 bits per heavy atom. The summed E-state index contributed by atoms with van der Waals surface area (Å²) in [6.07, 6.45) is 6.66. The maximum Gasteiger partial charge on any atom is 0.210 e. The van der Waals surface area contributed by atoms with Crippen molar-refractivity contribution in [2.24, 2.45) is 0 Å². The molecule has 1 aliphatic rings. The second-order valence-corrected chi connectivity index (χ2v) is 3.00. The van der Waals surface area contributed by atoms with Crippen molar-refractivity contribution in [1.29, 1.82) is 0 Å². The predicted molar refractivity (Wildman–Crippen MR) is 56.9 cm³/mol. The number of benzene rings is 1. The fourth-order valence-corrected chi connectivity index (χ4v) is 1.35. The molecule has 0 aliphatic carbocycles. The molecule has 0 amide bonds. The zero-order valence-corrected chi connectivity index (χ0v) is 8.03. The SMILES string of the molecule is CO[C]1C=CC=C(c2ccccc2)N1. The second kappa shape index (κ2) is 4.11. The van der Waals surface area contributed by atoms with Crippen LogP contribution in [0.4, 0.5) is 0 Å². The Morgan fingerprint density at radius 1 is 1.14 bits per heavy atom. The second-order valence-electron chi connectivity index (χ2n) is 3.00. The Hall–Kier alpha value is -1.54. The van der Waals surface area contributed by atoms with E-state index in [4.69, 9.17) is 4.74 Å². The van der Waals surface area contributed by atoms with E-state index >= 15 is 0 Å². The molecule has 2 rings (SSSR count). The molecule has 0 bridgehead atoms. The van der Waals surface area contributed by atoms with Gasteiger partial charge in [0.15, 0.2) is 0 Å². The van der Waals surface area contributed by atoms with Crippen LogP contribution in [0.5, 0.6) is 0 Å². The van der Waals surface area contributed by atoms with Gasteiger partial charge in [-0.3, -0.25) is 0 Å². The predicted octanol–water partition coefficient (Wildman–Crippen LogP) is 2.32. The summed E-state index contributed by atoms with van der Waals surface area (Å²) in [5, 5.41) is 3.19. The highest BCUT2D eigenvalue weighted by Crippen LogP contribution is 2.17. The van der Waals surface area contributed by atoms with Gasteiger partial charge in [-0.15, -0.1) is 0 Å². The Balaban J connectivity index is 2.21. The molecular weight excluding hydrogens is 174 g/mol. The van der Waals surface area contributed by atoms with Gasteiger partial charge in [-0.2, -0.15) is 0 Å². The van der Waals surface area contributed by atoms with Crippen molar-refractivity contribution < 1.29 is 4.74 Å². The van der Waals surface area contributed by atoms with Gasteiger partial charge in [0.05, 0.1) is 0 Å². The lowest BCUT2D eigenvalue weighted by atomic mass is 10.1. The standard InChI is InChI=1S/C12H12NO/c1-14-12-9-5-8-11(13-12)10-6-3-2-4-7-10/h2-9,13H,1H3. The third-order valence-corrected chi connectivity index (χ3v) is 2.07. The number of rotatable bonds is 2. The average Bonchev–Trinajstić information content (AvgIpc) is 2.30. The monoisotopic (exact) mass is 186 g/mol. The van der Waals surface area contributed by atoms with Gasteiger partial charge >= 0.3 is 0 Å². The summed E-state index contributed by atoms with van der Waals surface area (Å²) >= 11 is 0. The molecule has 2 heteroatoms. The van der Waals surface area contributed by atoms with Crippen LogP contribution >= 0.6 is 0 Å². The third kappa shape index (κ3) is 1.86. The normalized spacial score (nSPS) is 16.2. The first-order valence-corrected chi connectivity index (χ1v) is 4.52. The van der Waals surface area contributed by atoms with E-state index in [9.17, 15) is 0 Å². The van der Waals surface area contributed by atoms with Crippen molar-refractivity contribution in [3.05, 3.63) is 60.4 Å². The Kier molecular flexibility index (Phi) is 2.65. The molecule has 0 saturated heterocycles. The maximum atomic E-state index is 5.12. The summed E-state index contributed by atoms with van der Waals surface area (Å²) in [4.78, 5) is 0. The molecule has 0 aromatic heterocycles. The molecule has 1 aromatic rings. The highest BCUT2D eigenvalue weighted by Gasteiger charge is 2.10. The molecule has 2 nitrogen and oxygen atoms in total. The molecule has 1 heterocycles. The lowest BCUT2D eigenvalue weighted by Crippen LogP contribution is -2.21. The van der Waals surface area contributed by atoms with E-state index in [1.807, 2.05) is 36.4 Å². The van der Waals surface area contributed by atoms with Crippen LogP contribution in [0.3, 0.4) is 0 Å². The van der Waals surface area contributed by atoms with Crippen molar-refractivity contribution in [2.75, 3.05) is 7.11 Å². The molecule has 0 unspecified atom stereocenters. The quantitative estimate of drug-likeness (QED) is 0.765. The molecule has 1 aliphatic heterocycles. The number of hydrogen-bond acceptors (Lipinski definition) is 2. The first-order valence-electron chi connectivity index (χ1n) is 4.52. The average molecular weight is 186 g/mol. The van der Waals surface area contributed by atoms with Gasteiger partial charge < -0.3 is 10.1 Å². The van der Waals surface area contributed by atoms with E-state index in [0.717, 1.165) is 17.5 Å². The van der Waals surface area contributed by atoms with Crippen LogP contribution in [0.2, 0.25) is 0 Å².